The second kappa shape index (κ2) is 6.23. The van der Waals surface area contributed by atoms with Crippen LogP contribution >= 0.6 is 0 Å². The highest BCUT2D eigenvalue weighted by Gasteiger charge is 2.16. The summed E-state index contributed by atoms with van der Waals surface area (Å²) in [6, 6.07) is 0.170. The summed E-state index contributed by atoms with van der Waals surface area (Å²) < 4.78 is 4.57. The molecule has 0 aromatic heterocycles. The molecular weight excluding hydrogens is 198 g/mol. The zero-order valence-electron chi connectivity index (χ0n) is 8.62. The highest BCUT2D eigenvalue weighted by Crippen LogP contribution is 2.05. The maximum Gasteiger partial charge on any atom is 0.404 e. The minimum atomic E-state index is -0.768. The molecule has 0 bridgehead atoms. The van der Waals surface area contributed by atoms with E-state index in [0.717, 1.165) is 19.4 Å². The first kappa shape index (κ1) is 11.8. The van der Waals surface area contributed by atoms with Gasteiger partial charge in [0.05, 0.1) is 0 Å². The van der Waals surface area contributed by atoms with Gasteiger partial charge in [0, 0.05) is 25.6 Å². The summed E-state index contributed by atoms with van der Waals surface area (Å²) in [5.74, 6) is 0.0702. The van der Waals surface area contributed by atoms with Crippen LogP contribution in [0.2, 0.25) is 0 Å². The predicted octanol–water partition coefficient (Wildman–Crippen LogP) is -0.660. The molecule has 1 heterocycles. The number of amides is 2. The van der Waals surface area contributed by atoms with Gasteiger partial charge in [-0.3, -0.25) is 4.79 Å². The van der Waals surface area contributed by atoms with Crippen LogP contribution in [-0.4, -0.2) is 37.7 Å². The van der Waals surface area contributed by atoms with Crippen LogP contribution in [0.5, 0.6) is 0 Å². The topological polar surface area (TPSA) is 93.5 Å². The van der Waals surface area contributed by atoms with Gasteiger partial charge in [0.1, 0.15) is 6.61 Å². The van der Waals surface area contributed by atoms with Crippen molar-refractivity contribution in [1.29, 1.82) is 0 Å². The van der Waals surface area contributed by atoms with Crippen molar-refractivity contribution in [3.63, 3.8) is 0 Å². The molecule has 1 atom stereocenters. The predicted molar refractivity (Wildman–Crippen MR) is 54.2 cm³/mol. The molecule has 1 aliphatic heterocycles. The van der Waals surface area contributed by atoms with Crippen molar-refractivity contribution in [1.82, 2.24) is 10.6 Å². The normalized spacial score (nSPS) is 21.6. The number of nitrogens with two attached hydrogens (primary N) is 1. The van der Waals surface area contributed by atoms with E-state index in [-0.39, 0.29) is 18.6 Å². The SMILES string of the molecule is NC(=O)OCCNC1CCCNC(=O)C1. The molecule has 6 nitrogen and oxygen atoms in total. The van der Waals surface area contributed by atoms with Crippen LogP contribution in [0.1, 0.15) is 19.3 Å². The van der Waals surface area contributed by atoms with E-state index < -0.39 is 6.09 Å². The Labute approximate surface area is 88.5 Å². The van der Waals surface area contributed by atoms with Gasteiger partial charge >= 0.3 is 6.09 Å². The molecule has 1 rings (SSSR count). The third-order valence-corrected chi connectivity index (χ3v) is 2.26. The quantitative estimate of drug-likeness (QED) is 0.543. The summed E-state index contributed by atoms with van der Waals surface area (Å²) in [4.78, 5) is 21.4. The van der Waals surface area contributed by atoms with E-state index in [9.17, 15) is 9.59 Å². The zero-order chi connectivity index (χ0) is 11.1. The molecule has 86 valence electrons. The highest BCUT2D eigenvalue weighted by molar-refractivity contribution is 5.76. The van der Waals surface area contributed by atoms with E-state index in [1.165, 1.54) is 0 Å². The Hall–Kier alpha value is -1.30. The Balaban J connectivity index is 2.13. The molecule has 0 aromatic carbocycles. The van der Waals surface area contributed by atoms with Gasteiger partial charge < -0.3 is 21.1 Å². The lowest BCUT2D eigenvalue weighted by Gasteiger charge is -2.14. The summed E-state index contributed by atoms with van der Waals surface area (Å²) in [6.07, 6.45) is 1.64. The summed E-state index contributed by atoms with van der Waals surface area (Å²) in [6.45, 7) is 1.52. The number of hydrogen-bond donors (Lipinski definition) is 3. The minimum absolute atomic E-state index is 0.0702. The summed E-state index contributed by atoms with van der Waals surface area (Å²) in [5, 5.41) is 5.95. The Morgan fingerprint density at radius 2 is 2.47 bits per heavy atom. The van der Waals surface area contributed by atoms with Gasteiger partial charge in [-0.1, -0.05) is 0 Å². The Morgan fingerprint density at radius 1 is 1.67 bits per heavy atom. The number of hydrogen-bond acceptors (Lipinski definition) is 4. The molecule has 0 spiro atoms. The van der Waals surface area contributed by atoms with E-state index in [1.807, 2.05) is 0 Å². The fourth-order valence-corrected chi connectivity index (χ4v) is 1.56. The molecule has 0 aliphatic carbocycles. The average Bonchev–Trinajstić information content (AvgIpc) is 2.37. The number of carbonyl (C=O) groups excluding carboxylic acids is 2. The summed E-state index contributed by atoms with van der Waals surface area (Å²) in [5.41, 5.74) is 4.81. The first-order valence-corrected chi connectivity index (χ1v) is 5.11. The molecule has 1 fully saturated rings. The van der Waals surface area contributed by atoms with Crippen molar-refractivity contribution in [2.24, 2.45) is 5.73 Å². The average molecular weight is 215 g/mol. The molecule has 0 aromatic rings. The fourth-order valence-electron chi connectivity index (χ4n) is 1.56. The minimum Gasteiger partial charge on any atom is -0.448 e. The number of primary amides is 1. The highest BCUT2D eigenvalue weighted by atomic mass is 16.5. The standard InChI is InChI=1S/C9H17N3O3/c10-9(14)15-5-4-11-7-2-1-3-12-8(13)6-7/h7,11H,1-6H2,(H2,10,14)(H,12,13). The van der Waals surface area contributed by atoms with E-state index in [2.05, 4.69) is 15.4 Å². The fraction of sp³-hybridized carbons (Fsp3) is 0.778. The summed E-state index contributed by atoms with van der Waals surface area (Å²) in [7, 11) is 0. The van der Waals surface area contributed by atoms with Gasteiger partial charge in [-0.25, -0.2) is 4.79 Å². The number of carbonyl (C=O) groups is 2. The van der Waals surface area contributed by atoms with Crippen molar-refractivity contribution in [2.75, 3.05) is 19.7 Å². The molecule has 1 unspecified atom stereocenters. The van der Waals surface area contributed by atoms with Gasteiger partial charge in [0.2, 0.25) is 5.91 Å². The van der Waals surface area contributed by atoms with Gasteiger partial charge in [0.15, 0.2) is 0 Å². The van der Waals surface area contributed by atoms with Crippen LogP contribution < -0.4 is 16.4 Å². The Kier molecular flexibility index (Phi) is 4.89. The van der Waals surface area contributed by atoms with Crippen molar-refractivity contribution in [3.8, 4) is 0 Å². The van der Waals surface area contributed by atoms with Crippen LogP contribution in [0.15, 0.2) is 0 Å². The van der Waals surface area contributed by atoms with Crippen molar-refractivity contribution < 1.29 is 14.3 Å². The Bertz CT molecular complexity index is 233. The molecular formula is C9H17N3O3. The second-order valence-corrected chi connectivity index (χ2v) is 3.51. The molecule has 2 amide bonds. The lowest BCUT2D eigenvalue weighted by molar-refractivity contribution is -0.121. The Morgan fingerprint density at radius 3 is 3.20 bits per heavy atom. The zero-order valence-corrected chi connectivity index (χ0v) is 8.62. The first-order chi connectivity index (χ1) is 7.18. The van der Waals surface area contributed by atoms with Crippen LogP contribution in [0, 0.1) is 0 Å². The third-order valence-electron chi connectivity index (χ3n) is 2.26. The van der Waals surface area contributed by atoms with Crippen molar-refractivity contribution >= 4 is 12.0 Å². The second-order valence-electron chi connectivity index (χ2n) is 3.51. The number of nitrogens with one attached hydrogen (secondary N) is 2. The van der Waals surface area contributed by atoms with Gasteiger partial charge in [0.25, 0.3) is 0 Å². The lowest BCUT2D eigenvalue weighted by atomic mass is 10.1. The van der Waals surface area contributed by atoms with Crippen LogP contribution in [-0.2, 0) is 9.53 Å². The van der Waals surface area contributed by atoms with Crippen LogP contribution in [0.25, 0.3) is 0 Å². The molecule has 0 radical (unpaired) electrons. The maximum atomic E-state index is 11.2. The van der Waals surface area contributed by atoms with Gasteiger partial charge in [-0.05, 0) is 12.8 Å². The van der Waals surface area contributed by atoms with Gasteiger partial charge in [-0.2, -0.15) is 0 Å². The van der Waals surface area contributed by atoms with Crippen molar-refractivity contribution in [2.45, 2.75) is 25.3 Å². The third kappa shape index (κ3) is 5.21. The number of rotatable bonds is 4. The number of ether oxygens (including phenoxy) is 1. The summed E-state index contributed by atoms with van der Waals surface area (Å²) >= 11 is 0. The molecule has 1 aliphatic rings. The van der Waals surface area contributed by atoms with E-state index in [0.29, 0.717) is 13.0 Å². The molecule has 6 heteroatoms. The van der Waals surface area contributed by atoms with Gasteiger partial charge in [-0.15, -0.1) is 0 Å². The van der Waals surface area contributed by atoms with E-state index >= 15 is 0 Å². The maximum absolute atomic E-state index is 11.2. The lowest BCUT2D eigenvalue weighted by Crippen LogP contribution is -2.35. The monoisotopic (exact) mass is 215 g/mol. The van der Waals surface area contributed by atoms with Crippen LogP contribution in [0.3, 0.4) is 0 Å². The molecule has 0 saturated carbocycles. The molecule has 1 saturated heterocycles. The smallest absolute Gasteiger partial charge is 0.404 e. The molecule has 15 heavy (non-hydrogen) atoms. The van der Waals surface area contributed by atoms with Crippen molar-refractivity contribution in [3.05, 3.63) is 0 Å². The first-order valence-electron chi connectivity index (χ1n) is 5.11. The molecule has 4 N–H and O–H groups in total. The van der Waals surface area contributed by atoms with Crippen LogP contribution in [0.4, 0.5) is 4.79 Å². The van der Waals surface area contributed by atoms with E-state index in [4.69, 9.17) is 5.73 Å². The largest absolute Gasteiger partial charge is 0.448 e. The van der Waals surface area contributed by atoms with E-state index in [1.54, 1.807) is 0 Å².